The van der Waals surface area contributed by atoms with Gasteiger partial charge >= 0.3 is 0 Å². The topological polar surface area (TPSA) is 0 Å². The van der Waals surface area contributed by atoms with Crippen LogP contribution in [0.5, 0.6) is 0 Å². The first-order chi connectivity index (χ1) is 5.16. The van der Waals surface area contributed by atoms with E-state index in [-0.39, 0.29) is 0 Å². The van der Waals surface area contributed by atoms with Crippen LogP contribution in [0, 0.1) is 17.8 Å². The third-order valence-corrected chi connectivity index (χ3v) is 2.96. The van der Waals surface area contributed by atoms with Crippen molar-refractivity contribution in [3.05, 3.63) is 24.8 Å². The highest BCUT2D eigenvalue weighted by molar-refractivity contribution is 5.07. The van der Waals surface area contributed by atoms with Crippen molar-refractivity contribution in [2.45, 2.75) is 26.7 Å². The van der Waals surface area contributed by atoms with Gasteiger partial charge in [-0.25, -0.2) is 0 Å². The minimum Gasteiger partial charge on any atom is -0.103 e. The molecule has 0 aromatic rings. The van der Waals surface area contributed by atoms with Gasteiger partial charge in [0.1, 0.15) is 0 Å². The lowest BCUT2D eigenvalue weighted by Crippen LogP contribution is -2.10. The van der Waals surface area contributed by atoms with E-state index in [1.165, 1.54) is 18.4 Å². The Kier molecular flexibility index (Phi) is 2.53. The van der Waals surface area contributed by atoms with E-state index in [1.54, 1.807) is 0 Å². The van der Waals surface area contributed by atoms with Crippen LogP contribution >= 0.6 is 0 Å². The molecule has 0 amide bonds. The monoisotopic (exact) mass is 150 g/mol. The van der Waals surface area contributed by atoms with Crippen LogP contribution in [0.25, 0.3) is 0 Å². The lowest BCUT2D eigenvalue weighted by Gasteiger charge is -2.18. The van der Waals surface area contributed by atoms with Crippen molar-refractivity contribution >= 4 is 0 Å². The summed E-state index contributed by atoms with van der Waals surface area (Å²) in [6.07, 6.45) is 4.76. The number of rotatable bonds is 2. The van der Waals surface area contributed by atoms with Gasteiger partial charge in [-0.05, 0) is 37.5 Å². The van der Waals surface area contributed by atoms with Crippen molar-refractivity contribution in [1.29, 1.82) is 0 Å². The molecule has 11 heavy (non-hydrogen) atoms. The van der Waals surface area contributed by atoms with Crippen LogP contribution in [0.3, 0.4) is 0 Å². The third kappa shape index (κ3) is 1.55. The molecule has 0 saturated heterocycles. The maximum absolute atomic E-state index is 4.02. The van der Waals surface area contributed by atoms with E-state index in [2.05, 4.69) is 33.1 Å². The molecular formula is C11H18. The summed E-state index contributed by atoms with van der Waals surface area (Å²) in [5, 5.41) is 0. The second kappa shape index (κ2) is 3.25. The molecule has 1 saturated carbocycles. The summed E-state index contributed by atoms with van der Waals surface area (Å²) in [7, 11) is 0. The maximum Gasteiger partial charge on any atom is -0.0143 e. The molecular weight excluding hydrogens is 132 g/mol. The SMILES string of the molecule is C=CC1C(C)CCC1C(=C)C. The van der Waals surface area contributed by atoms with E-state index in [1.807, 2.05) is 0 Å². The van der Waals surface area contributed by atoms with E-state index >= 15 is 0 Å². The molecule has 0 bridgehead atoms. The zero-order chi connectivity index (χ0) is 8.43. The molecule has 0 aromatic heterocycles. The summed E-state index contributed by atoms with van der Waals surface area (Å²) in [5.74, 6) is 2.21. The number of hydrogen-bond donors (Lipinski definition) is 0. The Morgan fingerprint density at radius 3 is 2.45 bits per heavy atom. The molecule has 3 unspecified atom stereocenters. The van der Waals surface area contributed by atoms with Crippen LogP contribution in [0.15, 0.2) is 24.8 Å². The van der Waals surface area contributed by atoms with Gasteiger partial charge in [0.2, 0.25) is 0 Å². The molecule has 3 atom stereocenters. The molecule has 0 N–H and O–H groups in total. The molecule has 1 aliphatic carbocycles. The van der Waals surface area contributed by atoms with Gasteiger partial charge in [-0.2, -0.15) is 0 Å². The van der Waals surface area contributed by atoms with Gasteiger partial charge in [0.25, 0.3) is 0 Å². The average Bonchev–Trinajstić information content (AvgIpc) is 2.30. The Morgan fingerprint density at radius 1 is 1.45 bits per heavy atom. The molecule has 0 nitrogen and oxygen atoms in total. The van der Waals surface area contributed by atoms with E-state index in [9.17, 15) is 0 Å². The molecule has 62 valence electrons. The molecule has 0 aliphatic heterocycles. The predicted molar refractivity (Wildman–Crippen MR) is 50.4 cm³/mol. The first-order valence-electron chi connectivity index (χ1n) is 4.44. The summed E-state index contributed by atoms with van der Waals surface area (Å²) in [6, 6.07) is 0. The van der Waals surface area contributed by atoms with Crippen molar-refractivity contribution in [2.24, 2.45) is 17.8 Å². The summed E-state index contributed by atoms with van der Waals surface area (Å²) >= 11 is 0. The standard InChI is InChI=1S/C11H18/c1-5-10-9(4)6-7-11(10)8(2)3/h5,9-11H,1-2,6-7H2,3-4H3. The fourth-order valence-corrected chi connectivity index (χ4v) is 2.20. The van der Waals surface area contributed by atoms with Gasteiger partial charge < -0.3 is 0 Å². The lowest BCUT2D eigenvalue weighted by atomic mass is 9.87. The Balaban J connectivity index is 2.68. The normalized spacial score (nSPS) is 37.1. The van der Waals surface area contributed by atoms with Gasteiger partial charge in [-0.3, -0.25) is 0 Å². The highest BCUT2D eigenvalue weighted by atomic mass is 14.4. The van der Waals surface area contributed by atoms with E-state index in [0.29, 0.717) is 11.8 Å². The van der Waals surface area contributed by atoms with Crippen LogP contribution in [-0.4, -0.2) is 0 Å². The van der Waals surface area contributed by atoms with Gasteiger partial charge in [0, 0.05) is 0 Å². The van der Waals surface area contributed by atoms with Gasteiger partial charge in [-0.1, -0.05) is 25.2 Å². The molecule has 1 aliphatic rings. The molecule has 0 heterocycles. The molecule has 0 heteroatoms. The molecule has 1 rings (SSSR count). The van der Waals surface area contributed by atoms with Gasteiger partial charge in [0.15, 0.2) is 0 Å². The van der Waals surface area contributed by atoms with Gasteiger partial charge in [-0.15, -0.1) is 6.58 Å². The highest BCUT2D eigenvalue weighted by Crippen LogP contribution is 2.40. The fraction of sp³-hybridized carbons (Fsp3) is 0.636. The van der Waals surface area contributed by atoms with Crippen molar-refractivity contribution in [2.75, 3.05) is 0 Å². The van der Waals surface area contributed by atoms with E-state index in [4.69, 9.17) is 0 Å². The van der Waals surface area contributed by atoms with Crippen LogP contribution in [-0.2, 0) is 0 Å². The first-order valence-corrected chi connectivity index (χ1v) is 4.44. The second-order valence-electron chi connectivity index (χ2n) is 3.82. The average molecular weight is 150 g/mol. The molecule has 0 radical (unpaired) electrons. The summed E-state index contributed by atoms with van der Waals surface area (Å²) in [5.41, 5.74) is 1.33. The summed E-state index contributed by atoms with van der Waals surface area (Å²) < 4.78 is 0. The predicted octanol–water partition coefficient (Wildman–Crippen LogP) is 3.41. The zero-order valence-corrected chi connectivity index (χ0v) is 7.64. The number of hydrogen-bond acceptors (Lipinski definition) is 0. The smallest absolute Gasteiger partial charge is 0.0143 e. The second-order valence-corrected chi connectivity index (χ2v) is 3.82. The van der Waals surface area contributed by atoms with Crippen LogP contribution in [0.2, 0.25) is 0 Å². The Bertz CT molecular complexity index is 167. The van der Waals surface area contributed by atoms with Crippen LogP contribution in [0.1, 0.15) is 26.7 Å². The van der Waals surface area contributed by atoms with Crippen molar-refractivity contribution in [3.63, 3.8) is 0 Å². The van der Waals surface area contributed by atoms with Gasteiger partial charge in [0.05, 0.1) is 0 Å². The van der Waals surface area contributed by atoms with Crippen molar-refractivity contribution in [1.82, 2.24) is 0 Å². The highest BCUT2D eigenvalue weighted by Gasteiger charge is 2.30. The summed E-state index contributed by atoms with van der Waals surface area (Å²) in [4.78, 5) is 0. The Hall–Kier alpha value is -0.520. The largest absolute Gasteiger partial charge is 0.103 e. The number of allylic oxidation sites excluding steroid dienone is 2. The molecule has 0 aromatic carbocycles. The quantitative estimate of drug-likeness (QED) is 0.529. The fourth-order valence-electron chi connectivity index (χ4n) is 2.20. The van der Waals surface area contributed by atoms with Crippen molar-refractivity contribution < 1.29 is 0 Å². The van der Waals surface area contributed by atoms with Crippen LogP contribution in [0.4, 0.5) is 0 Å². The first kappa shape index (κ1) is 8.58. The maximum atomic E-state index is 4.02. The minimum atomic E-state index is 0.687. The molecule has 1 fully saturated rings. The zero-order valence-electron chi connectivity index (χ0n) is 7.64. The Morgan fingerprint density at radius 2 is 2.09 bits per heavy atom. The Labute approximate surface area is 70.0 Å². The molecule has 0 spiro atoms. The summed E-state index contributed by atoms with van der Waals surface area (Å²) in [6.45, 7) is 12.4. The van der Waals surface area contributed by atoms with Crippen molar-refractivity contribution in [3.8, 4) is 0 Å². The minimum absolute atomic E-state index is 0.687. The lowest BCUT2D eigenvalue weighted by molar-refractivity contribution is 0.443. The van der Waals surface area contributed by atoms with E-state index < -0.39 is 0 Å². The van der Waals surface area contributed by atoms with E-state index in [0.717, 1.165) is 5.92 Å². The third-order valence-electron chi connectivity index (χ3n) is 2.96. The van der Waals surface area contributed by atoms with Crippen LogP contribution < -0.4 is 0 Å².